The molecule has 0 N–H and O–H groups in total. The predicted octanol–water partition coefficient (Wildman–Crippen LogP) is 13.7. The normalized spacial score (nSPS) is 12.3. The Kier molecular flexibility index (Phi) is 6.01. The minimum atomic E-state index is -0.00629. The van der Waals surface area contributed by atoms with E-state index in [0.29, 0.717) is 5.39 Å². The molecule has 4 heterocycles. The van der Waals surface area contributed by atoms with E-state index in [2.05, 4.69) is 156 Å². The molecule has 0 spiro atoms. The molecule has 4 nitrogen and oxygen atoms in total. The van der Waals surface area contributed by atoms with E-state index in [1.807, 2.05) is 34.7 Å². The van der Waals surface area contributed by atoms with Gasteiger partial charge in [-0.15, -0.1) is 0 Å². The van der Waals surface area contributed by atoms with Gasteiger partial charge in [-0.2, -0.15) is 0 Å². The number of nitrogens with zero attached hydrogens (tertiary/aromatic N) is 2. The van der Waals surface area contributed by atoms with Crippen molar-refractivity contribution in [2.45, 2.75) is 0 Å². The summed E-state index contributed by atoms with van der Waals surface area (Å²) in [7, 11) is 0. The van der Waals surface area contributed by atoms with Crippen molar-refractivity contribution >= 4 is 92.5 Å². The van der Waals surface area contributed by atoms with Crippen LogP contribution >= 0.6 is 0 Å². The first-order valence-electron chi connectivity index (χ1n) is 19.4. The second-order valence-corrected chi connectivity index (χ2v) is 15.2. The number of rotatable bonds is 3. The first-order chi connectivity index (χ1) is 28.2. The first kappa shape index (κ1) is 30.6. The molecule has 0 saturated heterocycles. The third-order valence-corrected chi connectivity index (χ3v) is 12.3. The molecule has 4 heteroatoms. The topological polar surface area (TPSA) is 39.5 Å². The quantitative estimate of drug-likeness (QED) is 0.170. The minimum Gasteiger partial charge on any atom is -0.456 e. The van der Waals surface area contributed by atoms with Gasteiger partial charge < -0.3 is 8.98 Å². The van der Waals surface area contributed by atoms with E-state index >= 15 is 0 Å². The fraction of sp³-hybridized carbons (Fsp3) is 0. The highest BCUT2D eigenvalue weighted by atomic mass is 16.3. The molecular formula is C53H30N2O2. The van der Waals surface area contributed by atoms with E-state index in [4.69, 9.17) is 4.42 Å². The molecule has 0 saturated carbocycles. The van der Waals surface area contributed by atoms with Crippen molar-refractivity contribution in [3.05, 3.63) is 192 Å². The Balaban J connectivity index is 1.05. The third-order valence-electron chi connectivity index (χ3n) is 12.3. The van der Waals surface area contributed by atoms with Crippen molar-refractivity contribution in [2.75, 3.05) is 0 Å². The van der Waals surface area contributed by atoms with Crippen LogP contribution in [0.4, 0.5) is 0 Å². The number of benzene rings is 9. The van der Waals surface area contributed by atoms with Gasteiger partial charge in [-0.3, -0.25) is 9.20 Å². The average Bonchev–Trinajstić information content (AvgIpc) is 3.93. The lowest BCUT2D eigenvalue weighted by Crippen LogP contribution is -2.13. The van der Waals surface area contributed by atoms with Crippen molar-refractivity contribution < 1.29 is 4.42 Å². The molecule has 0 aliphatic rings. The van der Waals surface area contributed by atoms with Crippen LogP contribution in [0.5, 0.6) is 0 Å². The van der Waals surface area contributed by atoms with Gasteiger partial charge >= 0.3 is 0 Å². The number of fused-ring (bicyclic) bond motifs is 12. The highest BCUT2D eigenvalue weighted by Crippen LogP contribution is 2.43. The van der Waals surface area contributed by atoms with Crippen molar-refractivity contribution in [1.29, 1.82) is 0 Å². The summed E-state index contributed by atoms with van der Waals surface area (Å²) in [5, 5.41) is 11.9. The Morgan fingerprint density at radius 2 is 0.982 bits per heavy atom. The zero-order valence-electron chi connectivity index (χ0n) is 30.5. The van der Waals surface area contributed by atoms with Crippen LogP contribution in [0.2, 0.25) is 0 Å². The Hall–Kier alpha value is -7.69. The van der Waals surface area contributed by atoms with Crippen molar-refractivity contribution in [3.63, 3.8) is 0 Å². The fourth-order valence-corrected chi connectivity index (χ4v) is 9.83. The van der Waals surface area contributed by atoms with Crippen LogP contribution in [0, 0.1) is 0 Å². The van der Waals surface area contributed by atoms with Crippen LogP contribution in [0.15, 0.2) is 191 Å². The maximum Gasteiger partial charge on any atom is 0.263 e. The Morgan fingerprint density at radius 3 is 1.81 bits per heavy atom. The highest BCUT2D eigenvalue weighted by molar-refractivity contribution is 6.24. The molecule has 264 valence electrons. The van der Waals surface area contributed by atoms with Gasteiger partial charge in [0, 0.05) is 53.9 Å². The maximum atomic E-state index is 14.8. The molecule has 57 heavy (non-hydrogen) atoms. The molecule has 0 amide bonds. The van der Waals surface area contributed by atoms with Gasteiger partial charge in [0.05, 0.1) is 27.8 Å². The summed E-state index contributed by atoms with van der Waals surface area (Å²) < 4.78 is 10.6. The third kappa shape index (κ3) is 4.08. The number of hydrogen-bond donors (Lipinski definition) is 0. The molecule has 13 aromatic rings. The zero-order chi connectivity index (χ0) is 37.4. The zero-order valence-corrected chi connectivity index (χ0v) is 30.5. The Labute approximate surface area is 325 Å². The van der Waals surface area contributed by atoms with E-state index in [-0.39, 0.29) is 5.56 Å². The van der Waals surface area contributed by atoms with E-state index in [0.717, 1.165) is 93.2 Å². The molecule has 0 fully saturated rings. The van der Waals surface area contributed by atoms with Crippen molar-refractivity contribution in [2.24, 2.45) is 0 Å². The van der Waals surface area contributed by atoms with Gasteiger partial charge in [0.25, 0.3) is 5.56 Å². The monoisotopic (exact) mass is 726 g/mol. The SMILES string of the molecule is O=c1c2cccc(-c3ccc(-n4c5ccccc5c5ccccc54)c4ccccc34)c2c2cccc3c4cc(-c5ccc6c(c5)oc5ccccc56)ccc4n1c32. The Bertz CT molecular complexity index is 3850. The lowest BCUT2D eigenvalue weighted by atomic mass is 9.91. The van der Waals surface area contributed by atoms with Crippen LogP contribution in [0.3, 0.4) is 0 Å². The summed E-state index contributed by atoms with van der Waals surface area (Å²) in [6, 6.07) is 64.2. The van der Waals surface area contributed by atoms with Gasteiger partial charge in [0.1, 0.15) is 11.2 Å². The largest absolute Gasteiger partial charge is 0.456 e. The van der Waals surface area contributed by atoms with Crippen molar-refractivity contribution in [1.82, 2.24) is 8.97 Å². The first-order valence-corrected chi connectivity index (χ1v) is 19.4. The molecule has 0 radical (unpaired) electrons. The van der Waals surface area contributed by atoms with E-state index in [9.17, 15) is 4.79 Å². The van der Waals surface area contributed by atoms with E-state index in [1.54, 1.807) is 0 Å². The van der Waals surface area contributed by atoms with Crippen LogP contribution in [-0.4, -0.2) is 8.97 Å². The van der Waals surface area contributed by atoms with Crippen LogP contribution in [0.25, 0.3) is 120 Å². The van der Waals surface area contributed by atoms with E-state index < -0.39 is 0 Å². The van der Waals surface area contributed by atoms with Crippen LogP contribution in [-0.2, 0) is 0 Å². The maximum absolute atomic E-state index is 14.8. The number of aromatic nitrogens is 2. The van der Waals surface area contributed by atoms with Gasteiger partial charge in [-0.1, -0.05) is 127 Å². The molecule has 0 aliphatic carbocycles. The minimum absolute atomic E-state index is 0.00629. The van der Waals surface area contributed by atoms with Gasteiger partial charge in [0.15, 0.2) is 0 Å². The number of para-hydroxylation sites is 4. The predicted molar refractivity (Wildman–Crippen MR) is 237 cm³/mol. The molecule has 4 aromatic heterocycles. The number of pyridine rings is 1. The van der Waals surface area contributed by atoms with Gasteiger partial charge in [-0.25, -0.2) is 0 Å². The average molecular weight is 727 g/mol. The highest BCUT2D eigenvalue weighted by Gasteiger charge is 2.22. The Morgan fingerprint density at radius 1 is 0.368 bits per heavy atom. The fourth-order valence-electron chi connectivity index (χ4n) is 9.83. The molecule has 9 aromatic carbocycles. The molecular weight excluding hydrogens is 697 g/mol. The molecule has 0 atom stereocenters. The second-order valence-electron chi connectivity index (χ2n) is 15.2. The molecule has 0 bridgehead atoms. The van der Waals surface area contributed by atoms with Crippen molar-refractivity contribution in [3.8, 4) is 27.9 Å². The van der Waals surface area contributed by atoms with Gasteiger partial charge in [-0.05, 0) is 82.2 Å². The summed E-state index contributed by atoms with van der Waals surface area (Å²) >= 11 is 0. The molecule has 13 rings (SSSR count). The number of hydrogen-bond acceptors (Lipinski definition) is 2. The molecule has 0 aliphatic heterocycles. The summed E-state index contributed by atoms with van der Waals surface area (Å²) in [5.41, 5.74) is 11.4. The lowest BCUT2D eigenvalue weighted by molar-refractivity contribution is 0.669. The molecule has 0 unspecified atom stereocenters. The second kappa shape index (κ2) is 11.2. The van der Waals surface area contributed by atoms with Gasteiger partial charge in [0.2, 0.25) is 0 Å². The summed E-state index contributed by atoms with van der Waals surface area (Å²) in [4.78, 5) is 14.8. The smallest absolute Gasteiger partial charge is 0.263 e. The standard InChI is InChI=1S/C53H30N2O2/c56-53-43-19-9-16-40(34-26-28-47(35-12-2-1-11-33(34)35)54-45-20-6-3-13-36(45)37-14-4-7-21-46(37)54)51(43)42-18-10-17-41-44-29-31(24-27-48(44)55(53)52(41)42)32-23-25-39-38-15-5-8-22-49(38)57-50(39)30-32/h1-30H. The summed E-state index contributed by atoms with van der Waals surface area (Å²) in [5.74, 6) is 0. The lowest BCUT2D eigenvalue weighted by Gasteiger charge is -2.17. The van der Waals surface area contributed by atoms with Crippen LogP contribution < -0.4 is 5.56 Å². The summed E-state index contributed by atoms with van der Waals surface area (Å²) in [6.45, 7) is 0. The summed E-state index contributed by atoms with van der Waals surface area (Å²) in [6.07, 6.45) is 0. The van der Waals surface area contributed by atoms with E-state index in [1.165, 1.54) is 21.8 Å². The number of furan rings is 1. The van der Waals surface area contributed by atoms with Crippen LogP contribution in [0.1, 0.15) is 0 Å².